The van der Waals surface area contributed by atoms with Crippen molar-refractivity contribution in [1.82, 2.24) is 15.2 Å². The topological polar surface area (TPSA) is 63.7 Å². The molecule has 0 spiro atoms. The fraction of sp³-hybridized carbons (Fsp3) is 0.294. The van der Waals surface area contributed by atoms with Crippen LogP contribution < -0.4 is 14.8 Å². The number of hydrogen-bond donors (Lipinski definition) is 1. The number of carbonyl (C=O) groups is 1. The molecule has 2 amide bonds. The van der Waals surface area contributed by atoms with Gasteiger partial charge in [0.1, 0.15) is 5.75 Å². The monoisotopic (exact) mass is 315 g/mol. The minimum Gasteiger partial charge on any atom is -0.497 e. The first-order valence-electron chi connectivity index (χ1n) is 7.24. The van der Waals surface area contributed by atoms with Gasteiger partial charge in [0.25, 0.3) is 0 Å². The first-order chi connectivity index (χ1) is 11.1. The number of hydrogen-bond acceptors (Lipinski definition) is 4. The molecule has 0 atom stereocenters. The number of benzene rings is 1. The molecular weight excluding hydrogens is 294 g/mol. The molecule has 1 N–H and O–H groups in total. The summed E-state index contributed by atoms with van der Waals surface area (Å²) < 4.78 is 10.4. The molecule has 6 nitrogen and oxygen atoms in total. The molecule has 23 heavy (non-hydrogen) atoms. The highest BCUT2D eigenvalue weighted by atomic mass is 16.5. The van der Waals surface area contributed by atoms with Gasteiger partial charge in [0.2, 0.25) is 5.88 Å². The average molecular weight is 315 g/mol. The van der Waals surface area contributed by atoms with Gasteiger partial charge in [-0.1, -0.05) is 18.2 Å². The molecule has 0 saturated carbocycles. The summed E-state index contributed by atoms with van der Waals surface area (Å²) in [6.07, 6.45) is 1.66. The van der Waals surface area contributed by atoms with Crippen LogP contribution in [0, 0.1) is 0 Å². The lowest BCUT2D eigenvalue weighted by Gasteiger charge is -2.19. The van der Waals surface area contributed by atoms with Crippen LogP contribution in [-0.4, -0.2) is 37.2 Å². The Balaban J connectivity index is 1.92. The van der Waals surface area contributed by atoms with Gasteiger partial charge in [-0.25, -0.2) is 9.78 Å². The zero-order chi connectivity index (χ0) is 16.7. The SMILES string of the molecule is COc1cccc(CNC(=O)N(C)Cc2cccnc2OC)c1. The Labute approximate surface area is 136 Å². The van der Waals surface area contributed by atoms with Gasteiger partial charge in [-0.2, -0.15) is 0 Å². The van der Waals surface area contributed by atoms with E-state index in [2.05, 4.69) is 10.3 Å². The van der Waals surface area contributed by atoms with Gasteiger partial charge in [-0.15, -0.1) is 0 Å². The van der Waals surface area contributed by atoms with Crippen LogP contribution in [0.3, 0.4) is 0 Å². The number of rotatable bonds is 6. The van der Waals surface area contributed by atoms with Crippen molar-refractivity contribution in [1.29, 1.82) is 0 Å². The zero-order valence-corrected chi connectivity index (χ0v) is 13.6. The van der Waals surface area contributed by atoms with Gasteiger partial charge in [0.05, 0.1) is 20.8 Å². The van der Waals surface area contributed by atoms with E-state index < -0.39 is 0 Å². The van der Waals surface area contributed by atoms with E-state index in [9.17, 15) is 4.79 Å². The number of nitrogens with zero attached hydrogens (tertiary/aromatic N) is 2. The Bertz CT molecular complexity index is 661. The molecule has 0 aliphatic carbocycles. The maximum Gasteiger partial charge on any atom is 0.317 e. The molecule has 0 unspecified atom stereocenters. The van der Waals surface area contributed by atoms with Crippen molar-refractivity contribution in [2.24, 2.45) is 0 Å². The van der Waals surface area contributed by atoms with Crippen LogP contribution in [0.15, 0.2) is 42.6 Å². The standard InChI is InChI=1S/C17H21N3O3/c1-20(12-14-7-5-9-18-16(14)23-3)17(21)19-11-13-6-4-8-15(10-13)22-2/h4-10H,11-12H2,1-3H3,(H,19,21). The number of ether oxygens (including phenoxy) is 2. The minimum absolute atomic E-state index is 0.168. The van der Waals surface area contributed by atoms with Crippen LogP contribution >= 0.6 is 0 Å². The lowest BCUT2D eigenvalue weighted by Crippen LogP contribution is -2.36. The lowest BCUT2D eigenvalue weighted by molar-refractivity contribution is 0.205. The Morgan fingerprint density at radius 1 is 1.22 bits per heavy atom. The van der Waals surface area contributed by atoms with Crippen molar-refractivity contribution in [3.63, 3.8) is 0 Å². The van der Waals surface area contributed by atoms with Crippen molar-refractivity contribution in [3.8, 4) is 11.6 Å². The van der Waals surface area contributed by atoms with Crippen LogP contribution in [-0.2, 0) is 13.1 Å². The Morgan fingerprint density at radius 2 is 2.04 bits per heavy atom. The van der Waals surface area contributed by atoms with E-state index in [-0.39, 0.29) is 6.03 Å². The van der Waals surface area contributed by atoms with Crippen molar-refractivity contribution in [2.45, 2.75) is 13.1 Å². The molecule has 0 bridgehead atoms. The molecule has 0 radical (unpaired) electrons. The number of carbonyl (C=O) groups excluding carboxylic acids is 1. The van der Waals surface area contributed by atoms with E-state index >= 15 is 0 Å². The van der Waals surface area contributed by atoms with Gasteiger partial charge in [0, 0.05) is 25.4 Å². The highest BCUT2D eigenvalue weighted by molar-refractivity contribution is 5.73. The zero-order valence-electron chi connectivity index (χ0n) is 13.6. The second-order valence-corrected chi connectivity index (χ2v) is 5.04. The average Bonchev–Trinajstić information content (AvgIpc) is 2.60. The molecule has 122 valence electrons. The molecule has 1 aromatic heterocycles. The van der Waals surface area contributed by atoms with Crippen molar-refractivity contribution < 1.29 is 14.3 Å². The fourth-order valence-electron chi connectivity index (χ4n) is 2.15. The smallest absolute Gasteiger partial charge is 0.317 e. The van der Waals surface area contributed by atoms with Crippen LogP contribution in [0.25, 0.3) is 0 Å². The van der Waals surface area contributed by atoms with E-state index in [1.807, 2.05) is 36.4 Å². The number of amides is 2. The summed E-state index contributed by atoms with van der Waals surface area (Å²) >= 11 is 0. The van der Waals surface area contributed by atoms with Gasteiger partial charge in [-0.05, 0) is 23.8 Å². The molecule has 0 aliphatic heterocycles. The lowest BCUT2D eigenvalue weighted by atomic mass is 10.2. The molecule has 0 fully saturated rings. The van der Waals surface area contributed by atoms with Crippen LogP contribution in [0.2, 0.25) is 0 Å². The first-order valence-corrected chi connectivity index (χ1v) is 7.24. The minimum atomic E-state index is -0.168. The molecule has 0 aliphatic rings. The van der Waals surface area contributed by atoms with E-state index in [0.29, 0.717) is 19.0 Å². The molecular formula is C17H21N3O3. The maximum atomic E-state index is 12.2. The van der Waals surface area contributed by atoms with Gasteiger partial charge in [-0.3, -0.25) is 0 Å². The third-order valence-corrected chi connectivity index (χ3v) is 3.38. The number of methoxy groups -OCH3 is 2. The second-order valence-electron chi connectivity index (χ2n) is 5.04. The fourth-order valence-corrected chi connectivity index (χ4v) is 2.15. The normalized spacial score (nSPS) is 10.0. The predicted octanol–water partition coefficient (Wildman–Crippen LogP) is 2.44. The van der Waals surface area contributed by atoms with Crippen molar-refractivity contribution in [2.75, 3.05) is 21.3 Å². The number of nitrogens with one attached hydrogen (secondary N) is 1. The summed E-state index contributed by atoms with van der Waals surface area (Å²) in [6.45, 7) is 0.853. The highest BCUT2D eigenvalue weighted by Crippen LogP contribution is 2.16. The number of aromatic nitrogens is 1. The van der Waals surface area contributed by atoms with Gasteiger partial charge in [0.15, 0.2) is 0 Å². The summed E-state index contributed by atoms with van der Waals surface area (Å²) in [5.41, 5.74) is 1.83. The van der Waals surface area contributed by atoms with E-state index in [1.54, 1.807) is 32.4 Å². The van der Waals surface area contributed by atoms with Crippen LogP contribution in [0.5, 0.6) is 11.6 Å². The van der Waals surface area contributed by atoms with Gasteiger partial charge < -0.3 is 19.7 Å². The summed E-state index contributed by atoms with van der Waals surface area (Å²) in [5, 5.41) is 2.88. The van der Waals surface area contributed by atoms with E-state index in [1.165, 1.54) is 0 Å². The first kappa shape index (κ1) is 16.6. The quantitative estimate of drug-likeness (QED) is 0.889. The summed E-state index contributed by atoms with van der Waals surface area (Å²) in [5.74, 6) is 1.30. The number of pyridine rings is 1. The molecule has 2 aromatic rings. The number of urea groups is 1. The molecule has 6 heteroatoms. The second kappa shape index (κ2) is 8.03. The van der Waals surface area contributed by atoms with E-state index in [0.717, 1.165) is 16.9 Å². The molecule has 0 saturated heterocycles. The molecule has 1 heterocycles. The Kier molecular flexibility index (Phi) is 5.80. The Hall–Kier alpha value is -2.76. The molecule has 1 aromatic carbocycles. The predicted molar refractivity (Wildman–Crippen MR) is 87.5 cm³/mol. The molecule has 2 rings (SSSR count). The van der Waals surface area contributed by atoms with Crippen LogP contribution in [0.1, 0.15) is 11.1 Å². The third kappa shape index (κ3) is 4.60. The third-order valence-electron chi connectivity index (χ3n) is 3.38. The van der Waals surface area contributed by atoms with Crippen molar-refractivity contribution in [3.05, 3.63) is 53.7 Å². The van der Waals surface area contributed by atoms with Gasteiger partial charge >= 0.3 is 6.03 Å². The van der Waals surface area contributed by atoms with E-state index in [4.69, 9.17) is 9.47 Å². The summed E-state index contributed by atoms with van der Waals surface area (Å²) in [7, 11) is 4.91. The Morgan fingerprint density at radius 3 is 2.78 bits per heavy atom. The van der Waals surface area contributed by atoms with Crippen molar-refractivity contribution >= 4 is 6.03 Å². The highest BCUT2D eigenvalue weighted by Gasteiger charge is 2.12. The largest absolute Gasteiger partial charge is 0.497 e. The maximum absolute atomic E-state index is 12.2. The summed E-state index contributed by atoms with van der Waals surface area (Å²) in [6, 6.07) is 11.1. The summed E-state index contributed by atoms with van der Waals surface area (Å²) in [4.78, 5) is 17.9. The van der Waals surface area contributed by atoms with Crippen LogP contribution in [0.4, 0.5) is 4.79 Å².